The van der Waals surface area contributed by atoms with Crippen LogP contribution in [0.25, 0.3) is 5.69 Å². The molecule has 6 heteroatoms. The predicted molar refractivity (Wildman–Crippen MR) is 102 cm³/mol. The summed E-state index contributed by atoms with van der Waals surface area (Å²) in [5.74, 6) is 0.866. The third kappa shape index (κ3) is 3.17. The van der Waals surface area contributed by atoms with E-state index >= 15 is 0 Å². The first kappa shape index (κ1) is 17.0. The Balaban J connectivity index is 1.65. The molecular weight excluding hydrogens is 346 g/mol. The molecule has 26 heavy (non-hydrogen) atoms. The normalized spacial score (nSPS) is 15.0. The van der Waals surface area contributed by atoms with Crippen LogP contribution in [0.15, 0.2) is 64.6 Å². The number of hydrogen-bond acceptors (Lipinski definition) is 4. The van der Waals surface area contributed by atoms with Gasteiger partial charge in [-0.05, 0) is 56.4 Å². The van der Waals surface area contributed by atoms with Crippen molar-refractivity contribution in [3.63, 3.8) is 0 Å². The quantitative estimate of drug-likeness (QED) is 0.600. The number of aromatic nitrogens is 2. The van der Waals surface area contributed by atoms with Gasteiger partial charge in [0.2, 0.25) is 0 Å². The minimum Gasteiger partial charge on any atom is -0.467 e. The highest BCUT2D eigenvalue weighted by atomic mass is 32.2. The van der Waals surface area contributed by atoms with Gasteiger partial charge in [-0.2, -0.15) is 0 Å². The van der Waals surface area contributed by atoms with Crippen molar-refractivity contribution >= 4 is 17.7 Å². The first-order chi connectivity index (χ1) is 12.7. The van der Waals surface area contributed by atoms with Crippen molar-refractivity contribution in [2.45, 2.75) is 37.0 Å². The fourth-order valence-corrected chi connectivity index (χ4v) is 3.78. The van der Waals surface area contributed by atoms with Gasteiger partial charge in [-0.1, -0.05) is 17.8 Å². The van der Waals surface area contributed by atoms with E-state index in [9.17, 15) is 4.79 Å². The first-order valence-corrected chi connectivity index (χ1v) is 9.95. The largest absolute Gasteiger partial charge is 0.467 e. The summed E-state index contributed by atoms with van der Waals surface area (Å²) in [6.45, 7) is 2.03. The number of nitrogens with zero attached hydrogens (tertiary/aromatic N) is 3. The summed E-state index contributed by atoms with van der Waals surface area (Å²) in [6, 6.07) is 11.8. The number of benzene rings is 1. The number of carbonyl (C=O) groups is 1. The summed E-state index contributed by atoms with van der Waals surface area (Å²) in [4.78, 5) is 19.6. The topological polar surface area (TPSA) is 51.3 Å². The molecule has 1 fully saturated rings. The minimum atomic E-state index is -0.0799. The Morgan fingerprint density at radius 1 is 1.35 bits per heavy atom. The van der Waals surface area contributed by atoms with Gasteiger partial charge < -0.3 is 9.32 Å². The van der Waals surface area contributed by atoms with Crippen LogP contribution >= 0.6 is 11.8 Å². The van der Waals surface area contributed by atoms with Crippen molar-refractivity contribution in [1.29, 1.82) is 0 Å². The molecule has 5 nitrogen and oxygen atoms in total. The Morgan fingerprint density at radius 3 is 2.88 bits per heavy atom. The zero-order chi connectivity index (χ0) is 18.1. The van der Waals surface area contributed by atoms with Crippen LogP contribution in [0.2, 0.25) is 0 Å². The van der Waals surface area contributed by atoms with Crippen LogP contribution in [0.5, 0.6) is 0 Å². The number of furan rings is 1. The molecule has 0 saturated heterocycles. The molecule has 3 aromatic rings. The van der Waals surface area contributed by atoms with Crippen LogP contribution in [0.3, 0.4) is 0 Å². The molecule has 1 aromatic carbocycles. The van der Waals surface area contributed by atoms with E-state index in [-0.39, 0.29) is 11.9 Å². The monoisotopic (exact) mass is 367 g/mol. The Hall–Kier alpha value is -2.47. The maximum Gasteiger partial charge on any atom is 0.254 e. The standard InChI is InChI=1S/C20H21N3O2S/c1-14(18-7-4-12-25-18)23(16-8-9-16)19(24)15-5-3-6-17(13-15)22-11-10-21-20(22)26-2/h3-7,10-14,16H,8-9H2,1-2H3. The van der Waals surface area contributed by atoms with Crippen LogP contribution < -0.4 is 0 Å². The molecule has 1 atom stereocenters. The highest BCUT2D eigenvalue weighted by molar-refractivity contribution is 7.98. The molecule has 0 radical (unpaired) electrons. The minimum absolute atomic E-state index is 0.0454. The van der Waals surface area contributed by atoms with E-state index in [2.05, 4.69) is 4.98 Å². The Morgan fingerprint density at radius 2 is 2.19 bits per heavy atom. The Labute approximate surface area is 157 Å². The molecule has 2 heterocycles. The average Bonchev–Trinajstić information content (AvgIpc) is 3.16. The molecule has 1 aliphatic rings. The van der Waals surface area contributed by atoms with E-state index in [1.807, 2.05) is 65.2 Å². The van der Waals surface area contributed by atoms with Gasteiger partial charge in [-0.25, -0.2) is 4.98 Å². The van der Waals surface area contributed by atoms with Crippen LogP contribution in [0.4, 0.5) is 0 Å². The lowest BCUT2D eigenvalue weighted by Crippen LogP contribution is -2.35. The third-order valence-electron chi connectivity index (χ3n) is 4.71. The van der Waals surface area contributed by atoms with E-state index < -0.39 is 0 Å². The van der Waals surface area contributed by atoms with Gasteiger partial charge in [0.15, 0.2) is 5.16 Å². The van der Waals surface area contributed by atoms with Crippen molar-refractivity contribution in [2.24, 2.45) is 0 Å². The number of carbonyl (C=O) groups excluding carboxylic acids is 1. The molecule has 0 spiro atoms. The fourth-order valence-electron chi connectivity index (χ4n) is 3.25. The van der Waals surface area contributed by atoms with E-state index in [0.717, 1.165) is 29.4 Å². The summed E-state index contributed by atoms with van der Waals surface area (Å²) in [5, 5.41) is 0.901. The van der Waals surface area contributed by atoms with Crippen LogP contribution in [0.1, 0.15) is 41.9 Å². The summed E-state index contributed by atoms with van der Waals surface area (Å²) in [7, 11) is 0. The number of rotatable bonds is 6. The van der Waals surface area contributed by atoms with Crippen LogP contribution in [0, 0.1) is 0 Å². The molecule has 2 aromatic heterocycles. The number of hydrogen-bond donors (Lipinski definition) is 0. The SMILES string of the molecule is CSc1nccn1-c1cccc(C(=O)N(C2CC2)C(C)c2ccco2)c1. The van der Waals surface area contributed by atoms with Gasteiger partial charge in [0, 0.05) is 29.7 Å². The highest BCUT2D eigenvalue weighted by Gasteiger charge is 2.37. The summed E-state index contributed by atoms with van der Waals surface area (Å²) < 4.78 is 7.54. The van der Waals surface area contributed by atoms with Gasteiger partial charge in [0.1, 0.15) is 5.76 Å². The van der Waals surface area contributed by atoms with Gasteiger partial charge >= 0.3 is 0 Å². The second kappa shape index (κ2) is 7.03. The lowest BCUT2D eigenvalue weighted by atomic mass is 10.1. The van der Waals surface area contributed by atoms with Gasteiger partial charge in [0.25, 0.3) is 5.91 Å². The first-order valence-electron chi connectivity index (χ1n) is 8.73. The maximum atomic E-state index is 13.3. The Bertz CT molecular complexity index is 899. The molecule has 4 rings (SSSR count). The van der Waals surface area contributed by atoms with Crippen LogP contribution in [-0.4, -0.2) is 32.7 Å². The lowest BCUT2D eigenvalue weighted by molar-refractivity contribution is 0.0652. The molecule has 0 aliphatic heterocycles. The lowest BCUT2D eigenvalue weighted by Gasteiger charge is -2.28. The molecule has 1 unspecified atom stereocenters. The fraction of sp³-hybridized carbons (Fsp3) is 0.300. The summed E-state index contributed by atoms with van der Waals surface area (Å²) in [6.07, 6.45) is 9.44. The van der Waals surface area contributed by atoms with E-state index in [1.165, 1.54) is 0 Å². The van der Waals surface area contributed by atoms with E-state index in [4.69, 9.17) is 4.42 Å². The summed E-state index contributed by atoms with van der Waals surface area (Å²) in [5.41, 5.74) is 1.63. The molecule has 0 N–H and O–H groups in total. The van der Waals surface area contributed by atoms with Crippen molar-refractivity contribution in [2.75, 3.05) is 6.26 Å². The van der Waals surface area contributed by atoms with Crippen LogP contribution in [-0.2, 0) is 0 Å². The van der Waals surface area contributed by atoms with Gasteiger partial charge in [0.05, 0.1) is 12.3 Å². The molecule has 1 saturated carbocycles. The maximum absolute atomic E-state index is 13.3. The number of amides is 1. The molecule has 1 aliphatic carbocycles. The summed E-state index contributed by atoms with van der Waals surface area (Å²) >= 11 is 1.58. The average molecular weight is 367 g/mol. The number of thioether (sulfide) groups is 1. The molecular formula is C20H21N3O2S. The third-order valence-corrected chi connectivity index (χ3v) is 5.37. The van der Waals surface area contributed by atoms with Gasteiger partial charge in [-0.3, -0.25) is 9.36 Å². The van der Waals surface area contributed by atoms with Crippen molar-refractivity contribution < 1.29 is 9.21 Å². The van der Waals surface area contributed by atoms with Crippen molar-refractivity contribution in [3.05, 3.63) is 66.4 Å². The van der Waals surface area contributed by atoms with Gasteiger partial charge in [-0.15, -0.1) is 0 Å². The second-order valence-corrected chi connectivity index (χ2v) is 7.24. The van der Waals surface area contributed by atoms with Crippen molar-refractivity contribution in [1.82, 2.24) is 14.5 Å². The molecule has 134 valence electrons. The molecule has 1 amide bonds. The van der Waals surface area contributed by atoms with Crippen molar-refractivity contribution in [3.8, 4) is 5.69 Å². The second-order valence-electron chi connectivity index (χ2n) is 6.47. The predicted octanol–water partition coefficient (Wildman–Crippen LogP) is 4.55. The zero-order valence-corrected chi connectivity index (χ0v) is 15.6. The highest BCUT2D eigenvalue weighted by Crippen LogP contribution is 2.36. The number of imidazole rings is 1. The smallest absolute Gasteiger partial charge is 0.254 e. The molecule has 0 bridgehead atoms. The Kier molecular flexibility index (Phi) is 4.59. The van der Waals surface area contributed by atoms with E-state index in [0.29, 0.717) is 11.6 Å². The zero-order valence-electron chi connectivity index (χ0n) is 14.8. The van der Waals surface area contributed by atoms with E-state index in [1.54, 1.807) is 24.2 Å².